The van der Waals surface area contributed by atoms with Gasteiger partial charge in [0.1, 0.15) is 0 Å². The number of hydrogen-bond acceptors (Lipinski definition) is 2. The molecule has 146 valence electrons. The first-order chi connectivity index (χ1) is 14.8. The van der Waals surface area contributed by atoms with Gasteiger partial charge in [-0.25, -0.2) is 0 Å². The van der Waals surface area contributed by atoms with Gasteiger partial charge < -0.3 is 4.98 Å². The van der Waals surface area contributed by atoms with E-state index < -0.39 is 0 Å². The fourth-order valence-corrected chi connectivity index (χ4v) is 4.92. The van der Waals surface area contributed by atoms with Crippen molar-refractivity contribution in [1.82, 2.24) is 15.0 Å². The normalized spacial score (nSPS) is 14.3. The van der Waals surface area contributed by atoms with Crippen LogP contribution in [-0.2, 0) is 0 Å². The Labute approximate surface area is 175 Å². The van der Waals surface area contributed by atoms with Crippen LogP contribution in [0.25, 0.3) is 44.3 Å². The zero-order valence-corrected chi connectivity index (χ0v) is 17.0. The number of rotatable bonds is 3. The topological polar surface area (TPSA) is 41.6 Å². The Morgan fingerprint density at radius 3 is 1.87 bits per heavy atom. The standard InChI is InChI=1S/C27H23N3/c1-17-25(18-7-6-8-18)27(22-14-16-29-24-12-5-3-10-20(22)24)30-26(17)21-13-15-28-23-11-4-2-9-19(21)23/h2-5,9-16,18,30H,6-8H2,1H3. The van der Waals surface area contributed by atoms with Gasteiger partial charge in [-0.3, -0.25) is 9.97 Å². The summed E-state index contributed by atoms with van der Waals surface area (Å²) in [6.45, 7) is 2.28. The first kappa shape index (κ1) is 17.4. The van der Waals surface area contributed by atoms with Crippen molar-refractivity contribution in [1.29, 1.82) is 0 Å². The summed E-state index contributed by atoms with van der Waals surface area (Å²) in [5.74, 6) is 0.630. The molecule has 0 radical (unpaired) electrons. The lowest BCUT2D eigenvalue weighted by Gasteiger charge is -2.27. The monoisotopic (exact) mass is 389 g/mol. The van der Waals surface area contributed by atoms with Crippen molar-refractivity contribution in [3.8, 4) is 22.5 Å². The van der Waals surface area contributed by atoms with Gasteiger partial charge in [-0.1, -0.05) is 42.8 Å². The van der Waals surface area contributed by atoms with Crippen molar-refractivity contribution in [2.45, 2.75) is 32.1 Å². The summed E-state index contributed by atoms with van der Waals surface area (Å²) in [6.07, 6.45) is 7.71. The van der Waals surface area contributed by atoms with Crippen molar-refractivity contribution in [3.05, 3.63) is 84.2 Å². The molecule has 3 aromatic heterocycles. The quantitative estimate of drug-likeness (QED) is 0.360. The Kier molecular flexibility index (Phi) is 3.95. The summed E-state index contributed by atoms with van der Waals surface area (Å²) in [5.41, 5.74) is 9.86. The van der Waals surface area contributed by atoms with Gasteiger partial charge in [-0.2, -0.15) is 0 Å². The van der Waals surface area contributed by atoms with Crippen molar-refractivity contribution in [2.75, 3.05) is 0 Å². The molecule has 3 heteroatoms. The van der Waals surface area contributed by atoms with Gasteiger partial charge in [0.2, 0.25) is 0 Å². The van der Waals surface area contributed by atoms with Crippen molar-refractivity contribution in [3.63, 3.8) is 0 Å². The van der Waals surface area contributed by atoms with Crippen LogP contribution in [0.4, 0.5) is 0 Å². The number of aromatic nitrogens is 3. The number of aromatic amines is 1. The van der Waals surface area contributed by atoms with Crippen molar-refractivity contribution >= 4 is 21.8 Å². The number of nitrogens with one attached hydrogen (secondary N) is 1. The van der Waals surface area contributed by atoms with E-state index in [9.17, 15) is 0 Å². The number of para-hydroxylation sites is 2. The maximum Gasteiger partial charge on any atom is 0.0708 e. The van der Waals surface area contributed by atoms with E-state index in [4.69, 9.17) is 0 Å². The second kappa shape index (κ2) is 6.81. The smallest absolute Gasteiger partial charge is 0.0708 e. The van der Waals surface area contributed by atoms with Crippen LogP contribution in [0.1, 0.15) is 36.3 Å². The molecule has 0 unspecified atom stereocenters. The molecule has 0 saturated heterocycles. The molecular weight excluding hydrogens is 366 g/mol. The van der Waals surface area contributed by atoms with Gasteiger partial charge in [0.25, 0.3) is 0 Å². The molecule has 1 aliphatic carbocycles. The average molecular weight is 390 g/mol. The molecule has 0 spiro atoms. The van der Waals surface area contributed by atoms with Gasteiger partial charge in [-0.05, 0) is 61.1 Å². The van der Waals surface area contributed by atoms with Crippen LogP contribution in [-0.4, -0.2) is 15.0 Å². The van der Waals surface area contributed by atoms with Crippen LogP contribution >= 0.6 is 0 Å². The Bertz CT molecular complexity index is 1380. The van der Waals surface area contributed by atoms with E-state index in [1.807, 2.05) is 12.4 Å². The predicted molar refractivity (Wildman–Crippen MR) is 124 cm³/mol. The van der Waals surface area contributed by atoms with E-state index in [1.165, 1.54) is 63.7 Å². The van der Waals surface area contributed by atoms with Crippen molar-refractivity contribution < 1.29 is 0 Å². The van der Waals surface area contributed by atoms with Gasteiger partial charge >= 0.3 is 0 Å². The highest BCUT2D eigenvalue weighted by molar-refractivity contribution is 5.98. The number of pyridine rings is 2. The van der Waals surface area contributed by atoms with Gasteiger partial charge in [0.15, 0.2) is 0 Å². The van der Waals surface area contributed by atoms with Crippen LogP contribution in [0.2, 0.25) is 0 Å². The van der Waals surface area contributed by atoms with E-state index in [0.717, 1.165) is 11.0 Å². The fourth-order valence-electron chi connectivity index (χ4n) is 4.92. The Morgan fingerprint density at radius 1 is 0.733 bits per heavy atom. The number of nitrogens with zero attached hydrogens (tertiary/aromatic N) is 2. The fraction of sp³-hybridized carbons (Fsp3) is 0.185. The minimum atomic E-state index is 0.630. The van der Waals surface area contributed by atoms with Crippen LogP contribution in [0.3, 0.4) is 0 Å². The number of H-pyrrole nitrogens is 1. The SMILES string of the molecule is Cc1c(-c2ccnc3ccccc23)[nH]c(-c2ccnc3ccccc23)c1C1CCC1. The highest BCUT2D eigenvalue weighted by atomic mass is 14.8. The van der Waals surface area contributed by atoms with E-state index in [-0.39, 0.29) is 0 Å². The number of hydrogen-bond donors (Lipinski definition) is 1. The number of benzene rings is 2. The van der Waals surface area contributed by atoms with Crippen LogP contribution in [0.15, 0.2) is 73.1 Å². The largest absolute Gasteiger partial charge is 0.354 e. The molecule has 0 amide bonds. The van der Waals surface area contributed by atoms with E-state index >= 15 is 0 Å². The minimum Gasteiger partial charge on any atom is -0.354 e. The molecule has 2 aromatic carbocycles. The summed E-state index contributed by atoms with van der Waals surface area (Å²) in [6, 6.07) is 21.1. The Morgan fingerprint density at radius 2 is 1.30 bits per heavy atom. The molecular formula is C27H23N3. The molecule has 0 aliphatic heterocycles. The lowest BCUT2D eigenvalue weighted by Crippen LogP contribution is -2.10. The third-order valence-electron chi connectivity index (χ3n) is 6.65. The molecule has 5 aromatic rings. The molecule has 1 fully saturated rings. The summed E-state index contributed by atoms with van der Waals surface area (Å²) in [5, 5.41) is 2.39. The molecule has 1 N–H and O–H groups in total. The molecule has 1 saturated carbocycles. The van der Waals surface area contributed by atoms with Gasteiger partial charge in [0, 0.05) is 40.0 Å². The highest BCUT2D eigenvalue weighted by Crippen LogP contribution is 2.47. The van der Waals surface area contributed by atoms with Gasteiger partial charge in [0.05, 0.1) is 16.7 Å². The highest BCUT2D eigenvalue weighted by Gasteiger charge is 2.29. The molecule has 0 bridgehead atoms. The molecule has 1 aliphatic rings. The maximum absolute atomic E-state index is 4.58. The van der Waals surface area contributed by atoms with E-state index in [2.05, 4.69) is 82.5 Å². The molecule has 0 atom stereocenters. The molecule has 6 rings (SSSR count). The second-order valence-corrected chi connectivity index (χ2v) is 8.29. The lowest BCUT2D eigenvalue weighted by atomic mass is 9.77. The first-order valence-corrected chi connectivity index (χ1v) is 10.7. The van der Waals surface area contributed by atoms with Crippen LogP contribution in [0, 0.1) is 6.92 Å². The zero-order chi connectivity index (χ0) is 20.1. The summed E-state index contributed by atoms with van der Waals surface area (Å²) in [4.78, 5) is 13.0. The predicted octanol–water partition coefficient (Wildman–Crippen LogP) is 7.02. The summed E-state index contributed by atoms with van der Waals surface area (Å²) in [7, 11) is 0. The molecule has 3 heterocycles. The third kappa shape index (κ3) is 2.58. The van der Waals surface area contributed by atoms with Crippen molar-refractivity contribution in [2.24, 2.45) is 0 Å². The first-order valence-electron chi connectivity index (χ1n) is 10.7. The van der Waals surface area contributed by atoms with E-state index in [0.29, 0.717) is 5.92 Å². The average Bonchev–Trinajstić information content (AvgIpc) is 3.08. The Hall–Kier alpha value is -3.46. The lowest BCUT2D eigenvalue weighted by molar-refractivity contribution is 0.419. The summed E-state index contributed by atoms with van der Waals surface area (Å²) >= 11 is 0. The second-order valence-electron chi connectivity index (χ2n) is 8.29. The molecule has 30 heavy (non-hydrogen) atoms. The zero-order valence-electron chi connectivity index (χ0n) is 17.0. The maximum atomic E-state index is 4.58. The minimum absolute atomic E-state index is 0.630. The number of fused-ring (bicyclic) bond motifs is 2. The molecule has 3 nitrogen and oxygen atoms in total. The summed E-state index contributed by atoms with van der Waals surface area (Å²) < 4.78 is 0. The Balaban J connectivity index is 1.65. The van der Waals surface area contributed by atoms with E-state index in [1.54, 1.807) is 0 Å². The van der Waals surface area contributed by atoms with Crippen LogP contribution < -0.4 is 0 Å². The third-order valence-corrected chi connectivity index (χ3v) is 6.65. The van der Waals surface area contributed by atoms with Crippen LogP contribution in [0.5, 0.6) is 0 Å². The van der Waals surface area contributed by atoms with Gasteiger partial charge in [-0.15, -0.1) is 0 Å².